The van der Waals surface area contributed by atoms with E-state index in [1.54, 1.807) is 11.3 Å². The molecule has 1 aliphatic carbocycles. The van der Waals surface area contributed by atoms with Crippen LogP contribution in [-0.4, -0.2) is 16.4 Å². The molecule has 1 fully saturated rings. The second-order valence-electron chi connectivity index (χ2n) is 4.50. The van der Waals surface area contributed by atoms with Crippen LogP contribution in [0.25, 0.3) is 0 Å². The quantitative estimate of drug-likeness (QED) is 0.663. The van der Waals surface area contributed by atoms with Crippen LogP contribution in [0.3, 0.4) is 0 Å². The van der Waals surface area contributed by atoms with E-state index in [9.17, 15) is 0 Å². The van der Waals surface area contributed by atoms with E-state index < -0.39 is 0 Å². The molecular formula is C12H19ClN2S. The molecule has 1 aliphatic rings. The lowest BCUT2D eigenvalue weighted by molar-refractivity contribution is 0.462. The first-order chi connectivity index (χ1) is 7.75. The van der Waals surface area contributed by atoms with Crippen LogP contribution in [0.15, 0.2) is 5.38 Å². The van der Waals surface area contributed by atoms with E-state index in [1.165, 1.54) is 25.7 Å². The lowest BCUT2D eigenvalue weighted by Gasteiger charge is -2.20. The van der Waals surface area contributed by atoms with E-state index in [4.69, 9.17) is 11.6 Å². The van der Waals surface area contributed by atoms with Crippen LogP contribution in [0, 0.1) is 6.92 Å². The molecule has 4 heteroatoms. The van der Waals surface area contributed by atoms with Crippen LogP contribution in [0.5, 0.6) is 0 Å². The number of hydrogen-bond acceptors (Lipinski definition) is 3. The summed E-state index contributed by atoms with van der Waals surface area (Å²) in [6, 6.07) is 0.464. The fraction of sp³-hybridized carbons (Fsp3) is 0.750. The Bertz CT molecular complexity index is 327. The van der Waals surface area contributed by atoms with Crippen molar-refractivity contribution in [2.24, 2.45) is 0 Å². The summed E-state index contributed by atoms with van der Waals surface area (Å²) in [6.45, 7) is 2.91. The fourth-order valence-corrected chi connectivity index (χ4v) is 3.20. The third kappa shape index (κ3) is 3.44. The van der Waals surface area contributed by atoms with Gasteiger partial charge in [-0.05, 0) is 19.8 Å². The Morgan fingerprint density at radius 1 is 1.44 bits per heavy atom. The Kier molecular flexibility index (Phi) is 4.62. The molecule has 1 aromatic heterocycles. The van der Waals surface area contributed by atoms with Gasteiger partial charge in [-0.2, -0.15) is 0 Å². The van der Waals surface area contributed by atoms with E-state index in [0.717, 1.165) is 23.7 Å². The highest BCUT2D eigenvalue weighted by atomic mass is 35.5. The van der Waals surface area contributed by atoms with Gasteiger partial charge in [-0.15, -0.1) is 22.9 Å². The molecule has 2 unspecified atom stereocenters. The number of halogens is 1. The van der Waals surface area contributed by atoms with Crippen LogP contribution in [0.4, 0.5) is 0 Å². The van der Waals surface area contributed by atoms with Gasteiger partial charge < -0.3 is 5.32 Å². The number of nitrogens with zero attached hydrogens (tertiary/aromatic N) is 1. The highest BCUT2D eigenvalue weighted by Gasteiger charge is 2.21. The highest BCUT2D eigenvalue weighted by molar-refractivity contribution is 7.09. The van der Waals surface area contributed by atoms with E-state index in [2.05, 4.69) is 15.7 Å². The largest absolute Gasteiger partial charge is 0.307 e. The van der Waals surface area contributed by atoms with E-state index in [-0.39, 0.29) is 0 Å². The van der Waals surface area contributed by atoms with Crippen molar-refractivity contribution in [1.82, 2.24) is 10.3 Å². The molecule has 0 spiro atoms. The molecule has 0 aliphatic heterocycles. The summed E-state index contributed by atoms with van der Waals surface area (Å²) in [6.07, 6.45) is 6.27. The molecule has 0 radical (unpaired) electrons. The zero-order valence-corrected chi connectivity index (χ0v) is 11.3. The van der Waals surface area contributed by atoms with Gasteiger partial charge in [0.1, 0.15) is 0 Å². The number of alkyl halides is 1. The molecule has 1 saturated carbocycles. The molecule has 0 bridgehead atoms. The first-order valence-electron chi connectivity index (χ1n) is 6.04. The van der Waals surface area contributed by atoms with Gasteiger partial charge in [0.05, 0.1) is 10.7 Å². The molecule has 2 rings (SSSR count). The average Bonchev–Trinajstić information content (AvgIpc) is 2.56. The van der Waals surface area contributed by atoms with Gasteiger partial charge in [0.15, 0.2) is 0 Å². The van der Waals surface area contributed by atoms with Crippen molar-refractivity contribution in [2.45, 2.75) is 57.0 Å². The minimum Gasteiger partial charge on any atom is -0.307 e. The van der Waals surface area contributed by atoms with Crippen LogP contribution >= 0.6 is 22.9 Å². The van der Waals surface area contributed by atoms with Crippen molar-refractivity contribution in [3.63, 3.8) is 0 Å². The molecule has 16 heavy (non-hydrogen) atoms. The van der Waals surface area contributed by atoms with Gasteiger partial charge in [-0.3, -0.25) is 0 Å². The molecule has 0 aromatic carbocycles. The molecule has 1 aromatic rings. The fourth-order valence-electron chi connectivity index (χ4n) is 2.22. The first kappa shape index (κ1) is 12.3. The Hall–Kier alpha value is -0.120. The predicted octanol–water partition coefficient (Wildman–Crippen LogP) is 3.48. The molecule has 2 nitrogen and oxygen atoms in total. The van der Waals surface area contributed by atoms with Crippen molar-refractivity contribution in [3.8, 4) is 0 Å². The lowest BCUT2D eigenvalue weighted by Crippen LogP contribution is -2.35. The third-order valence-corrected chi connectivity index (χ3v) is 4.49. The first-order valence-corrected chi connectivity index (χ1v) is 7.36. The summed E-state index contributed by atoms with van der Waals surface area (Å²) >= 11 is 8.09. The Morgan fingerprint density at radius 2 is 2.25 bits per heavy atom. The Morgan fingerprint density at radius 3 is 3.00 bits per heavy atom. The van der Waals surface area contributed by atoms with Gasteiger partial charge in [-0.25, -0.2) is 4.98 Å². The van der Waals surface area contributed by atoms with Gasteiger partial charge >= 0.3 is 0 Å². The highest BCUT2D eigenvalue weighted by Crippen LogP contribution is 2.22. The normalized spacial score (nSPS) is 26.6. The van der Waals surface area contributed by atoms with Gasteiger partial charge in [0, 0.05) is 23.3 Å². The summed E-state index contributed by atoms with van der Waals surface area (Å²) in [5.74, 6) is 0. The van der Waals surface area contributed by atoms with Crippen LogP contribution < -0.4 is 5.32 Å². The Labute approximate surface area is 106 Å². The number of aryl methyl sites for hydroxylation is 1. The molecule has 0 saturated heterocycles. The van der Waals surface area contributed by atoms with Gasteiger partial charge in [-0.1, -0.05) is 19.3 Å². The number of thiazole rings is 1. The molecule has 1 N–H and O–H groups in total. The molecule has 0 amide bonds. The summed E-state index contributed by atoms with van der Waals surface area (Å²) < 4.78 is 0. The molecule has 2 atom stereocenters. The molecule has 90 valence electrons. The number of rotatable bonds is 3. The zero-order chi connectivity index (χ0) is 11.4. The second kappa shape index (κ2) is 5.99. The van der Waals surface area contributed by atoms with Crippen molar-refractivity contribution >= 4 is 22.9 Å². The van der Waals surface area contributed by atoms with Crippen molar-refractivity contribution in [1.29, 1.82) is 0 Å². The zero-order valence-electron chi connectivity index (χ0n) is 9.71. The molecule has 1 heterocycles. The van der Waals surface area contributed by atoms with Crippen LogP contribution in [0.1, 0.15) is 42.8 Å². The summed E-state index contributed by atoms with van der Waals surface area (Å²) in [5.41, 5.74) is 1.15. The van der Waals surface area contributed by atoms with Crippen LogP contribution in [-0.2, 0) is 6.54 Å². The maximum Gasteiger partial charge on any atom is 0.0897 e. The predicted molar refractivity (Wildman–Crippen MR) is 70.2 cm³/mol. The smallest absolute Gasteiger partial charge is 0.0897 e. The monoisotopic (exact) mass is 258 g/mol. The maximum atomic E-state index is 6.38. The Balaban J connectivity index is 1.83. The second-order valence-corrected chi connectivity index (χ2v) is 6.12. The topological polar surface area (TPSA) is 24.9 Å². The van der Waals surface area contributed by atoms with Gasteiger partial charge in [0.25, 0.3) is 0 Å². The summed E-state index contributed by atoms with van der Waals surface area (Å²) in [4.78, 5) is 4.46. The SMILES string of the molecule is Cc1nc(CNC2CCCCCC2Cl)cs1. The minimum atomic E-state index is 0.294. The van der Waals surface area contributed by atoms with Crippen LogP contribution in [0.2, 0.25) is 0 Å². The van der Waals surface area contributed by atoms with Crippen molar-refractivity contribution < 1.29 is 0 Å². The summed E-state index contributed by atoms with van der Waals surface area (Å²) in [5, 5.41) is 7.11. The van der Waals surface area contributed by atoms with Crippen molar-refractivity contribution in [2.75, 3.05) is 0 Å². The standard InChI is InChI=1S/C12H19ClN2S/c1-9-15-10(8-16-9)7-14-12-6-4-2-3-5-11(12)13/h8,11-12,14H,2-7H2,1H3. The number of aromatic nitrogens is 1. The third-order valence-electron chi connectivity index (χ3n) is 3.14. The lowest BCUT2D eigenvalue weighted by atomic mass is 10.1. The van der Waals surface area contributed by atoms with Gasteiger partial charge in [0.2, 0.25) is 0 Å². The van der Waals surface area contributed by atoms with E-state index >= 15 is 0 Å². The van der Waals surface area contributed by atoms with E-state index in [0.29, 0.717) is 11.4 Å². The number of nitrogens with one attached hydrogen (secondary N) is 1. The van der Waals surface area contributed by atoms with Crippen molar-refractivity contribution in [3.05, 3.63) is 16.1 Å². The molecular weight excluding hydrogens is 240 g/mol. The number of hydrogen-bond donors (Lipinski definition) is 1. The minimum absolute atomic E-state index is 0.294. The average molecular weight is 259 g/mol. The van der Waals surface area contributed by atoms with E-state index in [1.807, 2.05) is 6.92 Å². The maximum absolute atomic E-state index is 6.38. The summed E-state index contributed by atoms with van der Waals surface area (Å²) in [7, 11) is 0.